The second kappa shape index (κ2) is 12.7. The summed E-state index contributed by atoms with van der Waals surface area (Å²) in [5.41, 5.74) is 0.706. The van der Waals surface area contributed by atoms with Crippen molar-refractivity contribution in [2.24, 2.45) is 35.5 Å². The highest BCUT2D eigenvalue weighted by atomic mass is 16.5. The van der Waals surface area contributed by atoms with Crippen molar-refractivity contribution in [2.75, 3.05) is 23.4 Å². The van der Waals surface area contributed by atoms with E-state index in [9.17, 15) is 19.2 Å². The predicted octanol–water partition coefficient (Wildman–Crippen LogP) is 5.50. The number of esters is 2. The third-order valence-electron chi connectivity index (χ3n) is 10.0. The lowest BCUT2D eigenvalue weighted by Crippen LogP contribution is -2.53. The fourth-order valence-electron chi connectivity index (χ4n) is 8.76. The number of nitrogens with zero attached hydrogens (tertiary/aromatic N) is 1. The summed E-state index contributed by atoms with van der Waals surface area (Å²) in [4.78, 5) is 52.7. The molecule has 3 unspecified atom stereocenters. The van der Waals surface area contributed by atoms with E-state index in [2.05, 4.69) is 5.32 Å². The molecule has 8 nitrogen and oxygen atoms in total. The molecule has 1 aromatic rings. The van der Waals surface area contributed by atoms with Gasteiger partial charge in [-0.2, -0.15) is 0 Å². The van der Waals surface area contributed by atoms with E-state index in [-0.39, 0.29) is 19.3 Å². The van der Waals surface area contributed by atoms with Crippen LogP contribution >= 0.6 is 0 Å². The highest BCUT2D eigenvalue weighted by Gasteiger charge is 2.49. The third-order valence-corrected chi connectivity index (χ3v) is 10.0. The summed E-state index contributed by atoms with van der Waals surface area (Å²) in [6.45, 7) is 3.49. The lowest BCUT2D eigenvalue weighted by Gasteiger charge is -2.53. The van der Waals surface area contributed by atoms with E-state index < -0.39 is 23.8 Å². The van der Waals surface area contributed by atoms with Crippen molar-refractivity contribution in [3.63, 3.8) is 0 Å². The summed E-state index contributed by atoms with van der Waals surface area (Å²) in [5, 5.41) is 2.61. The van der Waals surface area contributed by atoms with Crippen molar-refractivity contribution in [3.8, 4) is 0 Å². The van der Waals surface area contributed by atoms with Crippen LogP contribution in [0.1, 0.15) is 84.5 Å². The molecule has 40 heavy (non-hydrogen) atoms. The van der Waals surface area contributed by atoms with Crippen LogP contribution in [0.2, 0.25) is 0 Å². The molecule has 1 aromatic carbocycles. The Kier molecular flexibility index (Phi) is 9.11. The number of carbonyl (C=O) groups is 4. The van der Waals surface area contributed by atoms with Crippen molar-refractivity contribution in [1.29, 1.82) is 0 Å². The van der Waals surface area contributed by atoms with E-state index >= 15 is 0 Å². The molecule has 5 rings (SSSR count). The van der Waals surface area contributed by atoms with Crippen molar-refractivity contribution in [3.05, 3.63) is 24.3 Å². The molecule has 0 radical (unpaired) electrons. The molecule has 0 heterocycles. The third kappa shape index (κ3) is 6.06. The molecule has 0 aliphatic heterocycles. The molecule has 5 atom stereocenters. The van der Waals surface area contributed by atoms with Crippen molar-refractivity contribution in [1.82, 2.24) is 0 Å². The molecule has 4 aliphatic carbocycles. The average molecular weight is 553 g/mol. The number of amides is 2. The summed E-state index contributed by atoms with van der Waals surface area (Å²) in [5.74, 6) is 0.710. The molecule has 218 valence electrons. The lowest BCUT2D eigenvalue weighted by atomic mass is 9.54. The lowest BCUT2D eigenvalue weighted by molar-refractivity contribution is -0.153. The highest BCUT2D eigenvalue weighted by molar-refractivity contribution is 6.40. The van der Waals surface area contributed by atoms with Crippen molar-refractivity contribution in [2.45, 2.75) is 90.5 Å². The maximum Gasteiger partial charge on any atom is 0.397 e. The molecule has 1 N–H and O–H groups in total. The molecule has 0 aromatic heterocycles. The minimum Gasteiger partial charge on any atom is -0.459 e. The number of benzene rings is 1. The molecular formula is C32H44N2O6. The van der Waals surface area contributed by atoms with Gasteiger partial charge in [-0.3, -0.25) is 14.5 Å². The normalized spacial score (nSPS) is 31.0. The zero-order valence-corrected chi connectivity index (χ0v) is 23.9. The van der Waals surface area contributed by atoms with E-state index in [1.807, 2.05) is 0 Å². The first-order chi connectivity index (χ1) is 19.4. The minimum atomic E-state index is -0.993. The molecular weight excluding hydrogens is 508 g/mol. The van der Waals surface area contributed by atoms with Gasteiger partial charge >= 0.3 is 23.8 Å². The van der Waals surface area contributed by atoms with Crippen LogP contribution in [0.15, 0.2) is 24.3 Å². The minimum absolute atomic E-state index is 0.0792. The van der Waals surface area contributed by atoms with Crippen LogP contribution < -0.4 is 10.2 Å². The van der Waals surface area contributed by atoms with Crippen LogP contribution in [-0.4, -0.2) is 43.0 Å². The number of fused-ring (bicyclic) bond motifs is 4. The zero-order valence-electron chi connectivity index (χ0n) is 23.9. The second-order valence-corrected chi connectivity index (χ2v) is 12.4. The summed E-state index contributed by atoms with van der Waals surface area (Å²) in [7, 11) is 0. The van der Waals surface area contributed by atoms with Crippen LogP contribution in [0.25, 0.3) is 0 Å². The number of ether oxygens (including phenoxy) is 2. The Bertz CT molecular complexity index is 1080. The number of anilines is 2. The SMILES string of the molecule is CCOC(=O)C(=O)Nc1ccccc1N(C(=O)C(=O)OCC)C1CC2CCCC(C1)C2C1C[C@H]2CCC[C@@H](C1)C2. The quantitative estimate of drug-likeness (QED) is 0.370. The van der Waals surface area contributed by atoms with Gasteiger partial charge in [-0.1, -0.05) is 50.7 Å². The Labute approximate surface area is 237 Å². The first-order valence-electron chi connectivity index (χ1n) is 15.5. The van der Waals surface area contributed by atoms with Gasteiger partial charge in [-0.25, -0.2) is 9.59 Å². The van der Waals surface area contributed by atoms with Crippen LogP contribution in [-0.2, 0) is 28.7 Å². The number of hydrogen-bond donors (Lipinski definition) is 1. The van der Waals surface area contributed by atoms with Crippen molar-refractivity contribution < 1.29 is 28.7 Å². The standard InChI is InChI=1S/C32H44N2O6/c1-3-39-31(37)29(35)33-26-13-5-6-14-27(26)34(30(36)32(38)40-4-2)25-18-22-11-8-12-23(19-25)28(22)24-16-20-9-7-10-21(15-20)17-24/h5-6,13-14,20-25,28H,3-4,7-12,15-19H2,1-2H3,(H,33,35)/t20-,21+,22?,23?,24?,25?,28?. The average Bonchev–Trinajstić information content (AvgIpc) is 2.93. The van der Waals surface area contributed by atoms with Crippen LogP contribution in [0.4, 0.5) is 11.4 Å². The fourth-order valence-corrected chi connectivity index (χ4v) is 8.76. The van der Waals surface area contributed by atoms with Gasteiger partial charge in [0, 0.05) is 6.04 Å². The van der Waals surface area contributed by atoms with Gasteiger partial charge in [0.1, 0.15) is 0 Å². The van der Waals surface area contributed by atoms with Gasteiger partial charge in [-0.15, -0.1) is 0 Å². The van der Waals surface area contributed by atoms with E-state index in [0.717, 1.165) is 43.4 Å². The van der Waals surface area contributed by atoms with Crippen LogP contribution in [0, 0.1) is 35.5 Å². The summed E-state index contributed by atoms with van der Waals surface area (Å²) < 4.78 is 10.0. The van der Waals surface area contributed by atoms with Gasteiger partial charge in [-0.05, 0) is 93.6 Å². The largest absolute Gasteiger partial charge is 0.459 e. The van der Waals surface area contributed by atoms with E-state index in [1.165, 1.54) is 44.9 Å². The molecule has 8 heteroatoms. The van der Waals surface area contributed by atoms with Gasteiger partial charge in [0.15, 0.2) is 0 Å². The van der Waals surface area contributed by atoms with Crippen LogP contribution in [0.3, 0.4) is 0 Å². The molecule has 0 spiro atoms. The maximum absolute atomic E-state index is 13.7. The van der Waals surface area contributed by atoms with Crippen LogP contribution in [0.5, 0.6) is 0 Å². The Morgan fingerprint density at radius 2 is 1.38 bits per heavy atom. The van der Waals surface area contributed by atoms with E-state index in [4.69, 9.17) is 9.47 Å². The number of rotatable bonds is 6. The summed E-state index contributed by atoms with van der Waals surface area (Å²) >= 11 is 0. The topological polar surface area (TPSA) is 102 Å². The smallest absolute Gasteiger partial charge is 0.397 e. The second-order valence-electron chi connectivity index (χ2n) is 12.4. The molecule has 2 amide bonds. The Hall–Kier alpha value is -2.90. The molecule has 4 fully saturated rings. The molecule has 4 saturated carbocycles. The number of hydrogen-bond acceptors (Lipinski definition) is 6. The Morgan fingerprint density at radius 1 is 0.775 bits per heavy atom. The predicted molar refractivity (Wildman–Crippen MR) is 151 cm³/mol. The first-order valence-corrected chi connectivity index (χ1v) is 15.5. The molecule has 0 saturated heterocycles. The Morgan fingerprint density at radius 3 is 2.02 bits per heavy atom. The first kappa shape index (κ1) is 28.6. The summed E-state index contributed by atoms with van der Waals surface area (Å²) in [6, 6.07) is 6.68. The zero-order chi connectivity index (χ0) is 28.2. The van der Waals surface area contributed by atoms with Gasteiger partial charge < -0.3 is 14.8 Å². The van der Waals surface area contributed by atoms with E-state index in [0.29, 0.717) is 29.1 Å². The van der Waals surface area contributed by atoms with Gasteiger partial charge in [0.2, 0.25) is 0 Å². The van der Waals surface area contributed by atoms with E-state index in [1.54, 1.807) is 43.0 Å². The molecule has 4 aliphatic rings. The van der Waals surface area contributed by atoms with Gasteiger partial charge in [0.25, 0.3) is 0 Å². The number of carbonyl (C=O) groups excluding carboxylic acids is 4. The number of nitrogens with one attached hydrogen (secondary N) is 1. The summed E-state index contributed by atoms with van der Waals surface area (Å²) in [6.07, 6.45) is 13.5. The molecule has 4 bridgehead atoms. The van der Waals surface area contributed by atoms with Crippen molar-refractivity contribution >= 4 is 35.1 Å². The Balaban J connectivity index is 1.42. The van der Waals surface area contributed by atoms with Gasteiger partial charge in [0.05, 0.1) is 24.6 Å². The number of para-hydroxylation sites is 2. The highest BCUT2D eigenvalue weighted by Crippen LogP contribution is 2.55. The maximum atomic E-state index is 13.7. The fraction of sp³-hybridized carbons (Fsp3) is 0.688. The monoisotopic (exact) mass is 552 g/mol.